The third-order valence-corrected chi connectivity index (χ3v) is 6.52. The van der Waals surface area contributed by atoms with Crippen molar-refractivity contribution >= 4 is 27.7 Å². The van der Waals surface area contributed by atoms with E-state index in [1.165, 1.54) is 28.8 Å². The van der Waals surface area contributed by atoms with Crippen molar-refractivity contribution in [1.82, 2.24) is 5.48 Å². The zero-order valence-corrected chi connectivity index (χ0v) is 20.5. The van der Waals surface area contributed by atoms with E-state index in [1.807, 2.05) is 0 Å². The summed E-state index contributed by atoms with van der Waals surface area (Å²) in [6, 6.07) is 10.9. The highest BCUT2D eigenvalue weighted by Gasteiger charge is 2.20. The molecule has 0 bridgehead atoms. The fourth-order valence-electron chi connectivity index (χ4n) is 3.65. The van der Waals surface area contributed by atoms with E-state index in [0.29, 0.717) is 23.1 Å². The Morgan fingerprint density at radius 3 is 1.94 bits per heavy atom. The maximum Gasteiger partial charge on any atom is 0.267 e. The van der Waals surface area contributed by atoms with E-state index in [0.717, 1.165) is 11.1 Å². The fraction of sp³-hybridized carbons (Fsp3) is 0.400. The van der Waals surface area contributed by atoms with Gasteiger partial charge < -0.3 is 0 Å². The van der Waals surface area contributed by atoms with Crippen molar-refractivity contribution in [3.63, 3.8) is 0 Å². The first-order chi connectivity index (χ1) is 14.9. The van der Waals surface area contributed by atoms with Gasteiger partial charge in [-0.3, -0.25) is 14.7 Å². The molecule has 0 fully saturated rings. The van der Waals surface area contributed by atoms with Gasteiger partial charge >= 0.3 is 0 Å². The van der Waals surface area contributed by atoms with Crippen LogP contribution in [-0.2, 0) is 20.6 Å². The predicted octanol–water partition coefficient (Wildman–Crippen LogP) is 5.52. The van der Waals surface area contributed by atoms with Crippen molar-refractivity contribution in [2.75, 3.05) is 4.72 Å². The maximum absolute atomic E-state index is 13.0. The number of nitrogens with one attached hydrogen (secondary N) is 2. The topological polar surface area (TPSA) is 95.5 Å². The second kappa shape index (κ2) is 10.8. The van der Waals surface area contributed by atoms with Gasteiger partial charge in [-0.25, -0.2) is 13.9 Å². The van der Waals surface area contributed by atoms with Gasteiger partial charge in [0.05, 0.1) is 5.75 Å². The number of hydrogen-bond acceptors (Lipinski definition) is 4. The van der Waals surface area contributed by atoms with Crippen molar-refractivity contribution in [2.24, 2.45) is 0 Å². The number of rotatable bonds is 9. The van der Waals surface area contributed by atoms with E-state index in [1.54, 1.807) is 24.3 Å². The van der Waals surface area contributed by atoms with Gasteiger partial charge in [-0.15, -0.1) is 0 Å². The molecule has 0 spiro atoms. The Morgan fingerprint density at radius 1 is 0.906 bits per heavy atom. The minimum absolute atomic E-state index is 0.100. The Bertz CT molecular complexity index is 1070. The molecule has 7 heteroatoms. The molecule has 0 aliphatic rings. The number of amides is 1. The van der Waals surface area contributed by atoms with Crippen molar-refractivity contribution in [2.45, 2.75) is 65.0 Å². The standard InChI is InChI=1S/C25H34N2O4S/c1-16(2)22-14-24(18(5)6)23(17(3)4)13-20(22)15-32(30,31)27-21-10-7-19(8-11-21)9-12-25(28)26-29/h7-14,16-18,27,29H,15H2,1-6H3,(H,26,28)/b12-9-. The number of carbonyl (C=O) groups is 1. The van der Waals surface area contributed by atoms with E-state index >= 15 is 0 Å². The molecule has 3 N–H and O–H groups in total. The number of hydrogen-bond donors (Lipinski definition) is 3. The number of sulfonamides is 1. The molecule has 0 atom stereocenters. The highest BCUT2D eigenvalue weighted by molar-refractivity contribution is 7.91. The van der Waals surface area contributed by atoms with E-state index < -0.39 is 15.9 Å². The normalized spacial score (nSPS) is 12.2. The molecule has 32 heavy (non-hydrogen) atoms. The third-order valence-electron chi connectivity index (χ3n) is 5.28. The lowest BCUT2D eigenvalue weighted by Gasteiger charge is -2.22. The predicted molar refractivity (Wildman–Crippen MR) is 130 cm³/mol. The van der Waals surface area contributed by atoms with Crippen LogP contribution in [0, 0.1) is 0 Å². The molecule has 0 aliphatic heterocycles. The van der Waals surface area contributed by atoms with E-state index in [2.05, 4.69) is 58.4 Å². The van der Waals surface area contributed by atoms with Crippen LogP contribution in [0.25, 0.3) is 6.08 Å². The van der Waals surface area contributed by atoms with Gasteiger partial charge in [0, 0.05) is 11.8 Å². The van der Waals surface area contributed by atoms with Gasteiger partial charge in [0.15, 0.2) is 0 Å². The molecule has 0 aliphatic carbocycles. The number of hydroxylamine groups is 1. The van der Waals surface area contributed by atoms with Crippen LogP contribution in [0.3, 0.4) is 0 Å². The van der Waals surface area contributed by atoms with Crippen LogP contribution >= 0.6 is 0 Å². The monoisotopic (exact) mass is 458 g/mol. The number of carbonyl (C=O) groups excluding carboxylic acids is 1. The maximum atomic E-state index is 13.0. The lowest BCUT2D eigenvalue weighted by Crippen LogP contribution is -2.17. The zero-order chi connectivity index (χ0) is 24.1. The molecule has 0 unspecified atom stereocenters. The van der Waals surface area contributed by atoms with Gasteiger partial charge in [0.2, 0.25) is 10.0 Å². The van der Waals surface area contributed by atoms with Crippen LogP contribution in [0.2, 0.25) is 0 Å². The molecule has 1 amide bonds. The molecule has 2 aromatic carbocycles. The molecule has 2 aromatic rings. The van der Waals surface area contributed by atoms with E-state index in [9.17, 15) is 13.2 Å². The average Bonchev–Trinajstić information content (AvgIpc) is 2.71. The SMILES string of the molecule is CC(C)c1cc(C(C)C)c(C(C)C)cc1CS(=O)(=O)Nc1ccc(/C=C\C(=O)NO)cc1. The van der Waals surface area contributed by atoms with Crippen LogP contribution in [-0.4, -0.2) is 19.5 Å². The van der Waals surface area contributed by atoms with Gasteiger partial charge in [-0.05, 0) is 63.8 Å². The molecule has 2 rings (SSSR count). The molecule has 174 valence electrons. The molecular formula is C25H34N2O4S. The average molecular weight is 459 g/mol. The molecule has 0 aromatic heterocycles. The highest BCUT2D eigenvalue weighted by Crippen LogP contribution is 2.33. The fourth-order valence-corrected chi connectivity index (χ4v) is 4.88. The van der Waals surface area contributed by atoms with Crippen LogP contribution in [0.5, 0.6) is 0 Å². The second-order valence-corrected chi connectivity index (χ2v) is 10.7. The van der Waals surface area contributed by atoms with Crippen LogP contribution in [0.15, 0.2) is 42.5 Å². The number of anilines is 1. The first kappa shape index (κ1) is 25.6. The van der Waals surface area contributed by atoms with Gasteiger partial charge in [-0.1, -0.05) is 65.8 Å². The molecule has 6 nitrogen and oxygen atoms in total. The van der Waals surface area contributed by atoms with Gasteiger partial charge in [0.1, 0.15) is 0 Å². The summed E-state index contributed by atoms with van der Waals surface area (Å²) >= 11 is 0. The highest BCUT2D eigenvalue weighted by atomic mass is 32.2. The van der Waals surface area contributed by atoms with Gasteiger partial charge in [0.25, 0.3) is 5.91 Å². The summed E-state index contributed by atoms with van der Waals surface area (Å²) in [4.78, 5) is 11.1. The minimum atomic E-state index is -3.63. The Labute approximate surface area is 191 Å². The molecule has 0 saturated carbocycles. The van der Waals surface area contributed by atoms with Crippen molar-refractivity contribution in [3.8, 4) is 0 Å². The molecule has 0 radical (unpaired) electrons. The van der Waals surface area contributed by atoms with Crippen molar-refractivity contribution in [3.05, 3.63) is 70.3 Å². The minimum Gasteiger partial charge on any atom is -0.288 e. The van der Waals surface area contributed by atoms with Crippen molar-refractivity contribution < 1.29 is 18.4 Å². The van der Waals surface area contributed by atoms with Crippen molar-refractivity contribution in [1.29, 1.82) is 0 Å². The summed E-state index contributed by atoms with van der Waals surface area (Å²) in [5.74, 6) is 0.138. The van der Waals surface area contributed by atoms with E-state index in [-0.39, 0.29) is 11.7 Å². The molecule has 0 heterocycles. The smallest absolute Gasteiger partial charge is 0.267 e. The Hall–Kier alpha value is -2.64. The van der Waals surface area contributed by atoms with E-state index in [4.69, 9.17) is 5.21 Å². The summed E-state index contributed by atoms with van der Waals surface area (Å²) in [6.45, 7) is 12.8. The molecule has 0 saturated heterocycles. The summed E-state index contributed by atoms with van der Waals surface area (Å²) in [7, 11) is -3.63. The van der Waals surface area contributed by atoms with Gasteiger partial charge in [-0.2, -0.15) is 0 Å². The summed E-state index contributed by atoms with van der Waals surface area (Å²) < 4.78 is 28.6. The largest absolute Gasteiger partial charge is 0.288 e. The zero-order valence-electron chi connectivity index (χ0n) is 19.6. The number of benzene rings is 2. The van der Waals surface area contributed by atoms with Crippen LogP contribution < -0.4 is 10.2 Å². The summed E-state index contributed by atoms with van der Waals surface area (Å²) in [6.07, 6.45) is 2.70. The van der Waals surface area contributed by atoms with Crippen LogP contribution in [0.4, 0.5) is 5.69 Å². The quantitative estimate of drug-likeness (QED) is 0.262. The lowest BCUT2D eigenvalue weighted by molar-refractivity contribution is -0.124. The van der Waals surface area contributed by atoms with Crippen LogP contribution in [0.1, 0.15) is 87.1 Å². The Morgan fingerprint density at radius 2 is 1.44 bits per heavy atom. The third kappa shape index (κ3) is 6.93. The Balaban J connectivity index is 2.30. The second-order valence-electron chi connectivity index (χ2n) is 8.94. The summed E-state index contributed by atoms with van der Waals surface area (Å²) in [5, 5.41) is 8.52. The summed E-state index contributed by atoms with van der Waals surface area (Å²) in [5.41, 5.74) is 7.02. The Kier molecular flexibility index (Phi) is 8.64. The lowest BCUT2D eigenvalue weighted by atomic mass is 9.84. The first-order valence-corrected chi connectivity index (χ1v) is 12.5. The molecular weight excluding hydrogens is 424 g/mol. The first-order valence-electron chi connectivity index (χ1n) is 10.8.